The molecule has 8 nitrogen and oxygen atoms in total. The van der Waals surface area contributed by atoms with Crippen molar-refractivity contribution in [2.75, 3.05) is 31.9 Å². The summed E-state index contributed by atoms with van der Waals surface area (Å²) in [4.78, 5) is 28.3. The first kappa shape index (κ1) is 20.1. The van der Waals surface area contributed by atoms with E-state index in [-0.39, 0.29) is 24.7 Å². The molecule has 0 aromatic heterocycles. The van der Waals surface area contributed by atoms with Crippen LogP contribution in [0.3, 0.4) is 0 Å². The van der Waals surface area contributed by atoms with Crippen molar-refractivity contribution in [3.63, 3.8) is 0 Å². The van der Waals surface area contributed by atoms with Crippen LogP contribution in [0.25, 0.3) is 0 Å². The van der Waals surface area contributed by atoms with E-state index >= 15 is 0 Å². The summed E-state index contributed by atoms with van der Waals surface area (Å²) in [7, 11) is 1.63. The second-order valence-corrected chi connectivity index (χ2v) is 8.75. The predicted molar refractivity (Wildman–Crippen MR) is 118 cm³/mol. The number of nitrogens with one attached hydrogen (secondary N) is 1. The fraction of sp³-hybridized carbons (Fsp3) is 0.360. The Balaban J connectivity index is 1.16. The summed E-state index contributed by atoms with van der Waals surface area (Å²) in [5.41, 5.74) is 1.05. The van der Waals surface area contributed by atoms with Crippen LogP contribution in [-0.4, -0.2) is 50.5 Å². The molecule has 1 N–H and O–H groups in total. The zero-order valence-electron chi connectivity index (χ0n) is 18.2. The zero-order chi connectivity index (χ0) is 22.6. The number of nitrogens with zero attached hydrogens (tertiary/aromatic N) is 1. The van der Waals surface area contributed by atoms with Gasteiger partial charge in [-0.15, -0.1) is 0 Å². The third-order valence-electron chi connectivity index (χ3n) is 6.94. The summed E-state index contributed by atoms with van der Waals surface area (Å²) in [6.07, 6.45) is 4.19. The third-order valence-corrected chi connectivity index (χ3v) is 6.94. The Labute approximate surface area is 191 Å². The molecule has 4 atom stereocenters. The minimum absolute atomic E-state index is 0.101. The van der Waals surface area contributed by atoms with Gasteiger partial charge in [0.25, 0.3) is 0 Å². The number of carbonyl (C=O) groups excluding carboxylic acids is 2. The van der Waals surface area contributed by atoms with E-state index in [1.54, 1.807) is 24.1 Å². The number of amides is 2. The lowest BCUT2D eigenvalue weighted by atomic mass is 9.77. The van der Waals surface area contributed by atoms with Crippen LogP contribution in [0.4, 0.5) is 5.69 Å². The van der Waals surface area contributed by atoms with Gasteiger partial charge in [0.2, 0.25) is 18.6 Å². The molecular formula is C25H24N2O6. The van der Waals surface area contributed by atoms with Crippen molar-refractivity contribution in [1.29, 1.82) is 0 Å². The molecule has 6 rings (SSSR count). The Hall–Kier alpha value is -3.52. The Kier molecular flexibility index (Phi) is 4.58. The first-order valence-corrected chi connectivity index (χ1v) is 11.1. The van der Waals surface area contributed by atoms with Crippen LogP contribution in [-0.2, 0) is 20.7 Å². The largest absolute Gasteiger partial charge is 0.497 e. The van der Waals surface area contributed by atoms with E-state index in [2.05, 4.69) is 5.32 Å². The highest BCUT2D eigenvalue weighted by Gasteiger charge is 2.67. The minimum Gasteiger partial charge on any atom is -0.497 e. The van der Waals surface area contributed by atoms with Gasteiger partial charge in [0.05, 0.1) is 31.6 Å². The van der Waals surface area contributed by atoms with Crippen molar-refractivity contribution in [3.05, 3.63) is 60.2 Å². The highest BCUT2D eigenvalue weighted by Crippen LogP contribution is 2.53. The molecule has 33 heavy (non-hydrogen) atoms. The lowest BCUT2D eigenvalue weighted by Gasteiger charge is -2.23. The first-order chi connectivity index (χ1) is 16.1. The van der Waals surface area contributed by atoms with Gasteiger partial charge in [-0.1, -0.05) is 24.3 Å². The Morgan fingerprint density at radius 1 is 1.18 bits per heavy atom. The molecule has 0 unspecified atom stereocenters. The smallest absolute Gasteiger partial charge is 0.234 e. The van der Waals surface area contributed by atoms with Crippen LogP contribution < -0.4 is 24.4 Å². The van der Waals surface area contributed by atoms with Gasteiger partial charge in [-0.25, -0.2) is 0 Å². The molecule has 2 aromatic carbocycles. The molecule has 2 bridgehead atoms. The molecule has 4 aliphatic rings. The van der Waals surface area contributed by atoms with Crippen LogP contribution in [0.2, 0.25) is 0 Å². The second kappa shape index (κ2) is 7.52. The van der Waals surface area contributed by atoms with Crippen molar-refractivity contribution in [1.82, 2.24) is 5.32 Å². The van der Waals surface area contributed by atoms with Crippen LogP contribution in [0, 0.1) is 11.8 Å². The molecule has 1 spiro atoms. The number of ether oxygens (including phenoxy) is 4. The molecular weight excluding hydrogens is 424 g/mol. The molecule has 170 valence electrons. The predicted octanol–water partition coefficient (Wildman–Crippen LogP) is 2.07. The van der Waals surface area contributed by atoms with E-state index in [4.69, 9.17) is 18.9 Å². The summed E-state index contributed by atoms with van der Waals surface area (Å²) < 4.78 is 22.2. The van der Waals surface area contributed by atoms with E-state index in [1.807, 2.05) is 42.5 Å². The molecule has 4 heterocycles. The van der Waals surface area contributed by atoms with Gasteiger partial charge in [0.1, 0.15) is 11.4 Å². The monoisotopic (exact) mass is 448 g/mol. The quantitative estimate of drug-likeness (QED) is 0.681. The molecule has 2 saturated heterocycles. The van der Waals surface area contributed by atoms with Gasteiger partial charge in [0, 0.05) is 18.3 Å². The second-order valence-electron chi connectivity index (χ2n) is 8.75. The molecule has 0 saturated carbocycles. The van der Waals surface area contributed by atoms with Gasteiger partial charge in [-0.05, 0) is 36.2 Å². The summed E-state index contributed by atoms with van der Waals surface area (Å²) in [5.74, 6) is 0.738. The van der Waals surface area contributed by atoms with E-state index in [0.29, 0.717) is 36.7 Å². The maximum absolute atomic E-state index is 13.5. The highest BCUT2D eigenvalue weighted by molar-refractivity contribution is 6.03. The Morgan fingerprint density at radius 3 is 2.82 bits per heavy atom. The van der Waals surface area contributed by atoms with E-state index in [1.165, 1.54) is 0 Å². The number of rotatable bonds is 6. The molecule has 2 aromatic rings. The lowest BCUT2D eigenvalue weighted by Crippen LogP contribution is -2.44. The summed E-state index contributed by atoms with van der Waals surface area (Å²) in [5, 5.41) is 3.01. The fourth-order valence-corrected chi connectivity index (χ4v) is 5.31. The summed E-state index contributed by atoms with van der Waals surface area (Å²) >= 11 is 0. The van der Waals surface area contributed by atoms with Crippen molar-refractivity contribution >= 4 is 17.5 Å². The highest BCUT2D eigenvalue weighted by atomic mass is 16.7. The summed E-state index contributed by atoms with van der Waals surface area (Å²) in [6.45, 7) is 1.03. The van der Waals surface area contributed by atoms with Crippen LogP contribution in [0.1, 0.15) is 5.56 Å². The number of hydrogen-bond acceptors (Lipinski definition) is 6. The maximum Gasteiger partial charge on any atom is 0.234 e. The number of anilines is 1. The van der Waals surface area contributed by atoms with Crippen molar-refractivity contribution in [2.24, 2.45) is 11.8 Å². The van der Waals surface area contributed by atoms with Crippen LogP contribution >= 0.6 is 0 Å². The summed E-state index contributed by atoms with van der Waals surface area (Å²) in [6, 6.07) is 13.2. The molecule has 2 amide bonds. The van der Waals surface area contributed by atoms with Gasteiger partial charge in [-0.2, -0.15) is 0 Å². The minimum atomic E-state index is -0.768. The molecule has 0 radical (unpaired) electrons. The zero-order valence-corrected chi connectivity index (χ0v) is 18.2. The SMILES string of the molecule is COc1ccc(CCNC(=O)[C@@H]2[C@H]3C=C[C@@]4(CN(c5ccc6c(c5)OCO6)C(=O)[C@@H]24)O3)cc1. The third kappa shape index (κ3) is 3.16. The number of hydrogen-bond donors (Lipinski definition) is 1. The average molecular weight is 448 g/mol. The Morgan fingerprint density at radius 2 is 2.00 bits per heavy atom. The molecule has 8 heteroatoms. The van der Waals surface area contributed by atoms with Gasteiger partial charge < -0.3 is 29.2 Å². The van der Waals surface area contributed by atoms with Gasteiger partial charge >= 0.3 is 0 Å². The topological polar surface area (TPSA) is 86.3 Å². The number of fused-ring (bicyclic) bond motifs is 2. The van der Waals surface area contributed by atoms with Crippen LogP contribution in [0.5, 0.6) is 17.2 Å². The molecule has 2 fully saturated rings. The van der Waals surface area contributed by atoms with E-state index in [9.17, 15) is 9.59 Å². The number of methoxy groups -OCH3 is 1. The first-order valence-electron chi connectivity index (χ1n) is 11.1. The average Bonchev–Trinajstić information content (AvgIpc) is 3.59. The van der Waals surface area contributed by atoms with Crippen molar-refractivity contribution in [2.45, 2.75) is 18.1 Å². The number of carbonyl (C=O) groups is 2. The standard InChI is InChI=1S/C25H24N2O6/c1-30-17-5-2-15(3-6-17)9-11-26-23(28)21-19-8-10-25(33-19)13-27(24(29)22(21)25)16-4-7-18-20(12-16)32-14-31-18/h2-8,10,12,19,21-22H,9,11,13-14H2,1H3,(H,26,28)/t19-,21-,22-,25+/m1/s1. The maximum atomic E-state index is 13.5. The molecule has 4 aliphatic heterocycles. The lowest BCUT2D eigenvalue weighted by molar-refractivity contribution is -0.131. The Bertz CT molecular complexity index is 1150. The number of benzene rings is 2. The van der Waals surface area contributed by atoms with Crippen LogP contribution in [0.15, 0.2) is 54.6 Å². The van der Waals surface area contributed by atoms with E-state index < -0.39 is 17.4 Å². The van der Waals surface area contributed by atoms with Crippen molar-refractivity contribution in [3.8, 4) is 17.2 Å². The van der Waals surface area contributed by atoms with E-state index in [0.717, 1.165) is 11.3 Å². The fourth-order valence-electron chi connectivity index (χ4n) is 5.31. The van der Waals surface area contributed by atoms with Gasteiger partial charge in [0.15, 0.2) is 11.5 Å². The normalized spacial score (nSPS) is 28.3. The van der Waals surface area contributed by atoms with Gasteiger partial charge in [-0.3, -0.25) is 9.59 Å². The molecule has 0 aliphatic carbocycles. The van der Waals surface area contributed by atoms with Crippen molar-refractivity contribution < 1.29 is 28.5 Å².